The molecule has 0 radical (unpaired) electrons. The van der Waals surface area contributed by atoms with E-state index in [1.54, 1.807) is 18.3 Å². The van der Waals surface area contributed by atoms with Crippen molar-refractivity contribution in [3.63, 3.8) is 0 Å². The van der Waals surface area contributed by atoms with Crippen molar-refractivity contribution in [2.24, 2.45) is 16.7 Å². The first-order valence-electron chi connectivity index (χ1n) is 13.8. The number of aromatic nitrogens is 1. The Kier molecular flexibility index (Phi) is 6.84. The van der Waals surface area contributed by atoms with Crippen molar-refractivity contribution in [1.82, 2.24) is 4.98 Å². The first-order chi connectivity index (χ1) is 18.8. The molecule has 5 rings (SSSR count). The highest BCUT2D eigenvalue weighted by Crippen LogP contribution is 2.69. The SMILES string of the molecule is CC(=O)OC1C(OC(=O)c2cccnc2)C2(C)C(C)=CCCC2C2(C)C(OC(C)=O)CC3(COC(=O)C3)OC12C. The van der Waals surface area contributed by atoms with Crippen LogP contribution in [0.4, 0.5) is 0 Å². The topological polar surface area (TPSA) is 127 Å². The van der Waals surface area contributed by atoms with Gasteiger partial charge in [0, 0.05) is 43.5 Å². The molecule has 4 aliphatic rings. The van der Waals surface area contributed by atoms with Gasteiger partial charge in [0.25, 0.3) is 0 Å². The Balaban J connectivity index is 1.72. The maximum Gasteiger partial charge on any atom is 0.340 e. The monoisotopic (exact) mass is 555 g/mol. The molecule has 1 aromatic rings. The number of ether oxygens (including phenoxy) is 5. The van der Waals surface area contributed by atoms with E-state index in [2.05, 4.69) is 11.1 Å². The highest BCUT2D eigenvalue weighted by atomic mass is 16.6. The number of allylic oxidation sites excluding steroid dienone is 1. The molecule has 2 aliphatic heterocycles. The molecule has 0 aromatic carbocycles. The fourth-order valence-corrected chi connectivity index (χ4v) is 7.96. The molecule has 3 fully saturated rings. The van der Waals surface area contributed by atoms with Gasteiger partial charge in [0.2, 0.25) is 0 Å². The second-order valence-electron chi connectivity index (χ2n) is 12.2. The van der Waals surface area contributed by atoms with Crippen LogP contribution in [0.15, 0.2) is 36.2 Å². The maximum absolute atomic E-state index is 13.5. The second kappa shape index (κ2) is 9.68. The highest BCUT2D eigenvalue weighted by Gasteiger charge is 2.77. The van der Waals surface area contributed by atoms with Gasteiger partial charge < -0.3 is 23.7 Å². The minimum Gasteiger partial charge on any atom is -0.462 e. The minimum absolute atomic E-state index is 0.0247. The van der Waals surface area contributed by atoms with Crippen LogP contribution in [0.1, 0.15) is 77.6 Å². The van der Waals surface area contributed by atoms with Crippen LogP contribution in [-0.2, 0) is 38.1 Å². The summed E-state index contributed by atoms with van der Waals surface area (Å²) in [6, 6.07) is 3.25. The summed E-state index contributed by atoms with van der Waals surface area (Å²) in [4.78, 5) is 55.1. The van der Waals surface area contributed by atoms with E-state index in [4.69, 9.17) is 23.7 Å². The van der Waals surface area contributed by atoms with Gasteiger partial charge in [0.1, 0.15) is 23.9 Å². The van der Waals surface area contributed by atoms with E-state index in [0.717, 1.165) is 12.0 Å². The van der Waals surface area contributed by atoms with E-state index in [9.17, 15) is 19.2 Å². The fraction of sp³-hybridized carbons (Fsp3) is 0.633. The Morgan fingerprint density at radius 3 is 2.38 bits per heavy atom. The number of rotatable bonds is 4. The highest BCUT2D eigenvalue weighted by molar-refractivity contribution is 5.89. The van der Waals surface area contributed by atoms with Crippen LogP contribution in [0.5, 0.6) is 0 Å². The second-order valence-corrected chi connectivity index (χ2v) is 12.2. The van der Waals surface area contributed by atoms with Crippen molar-refractivity contribution in [2.75, 3.05) is 6.61 Å². The first-order valence-corrected chi connectivity index (χ1v) is 13.8. The lowest BCUT2D eigenvalue weighted by molar-refractivity contribution is -0.363. The molecule has 40 heavy (non-hydrogen) atoms. The average molecular weight is 556 g/mol. The lowest BCUT2D eigenvalue weighted by Gasteiger charge is -2.70. The van der Waals surface area contributed by atoms with Crippen LogP contribution in [0, 0.1) is 16.7 Å². The molecule has 1 spiro atoms. The third-order valence-electron chi connectivity index (χ3n) is 10.0. The van der Waals surface area contributed by atoms with Gasteiger partial charge in [-0.1, -0.05) is 25.5 Å². The smallest absolute Gasteiger partial charge is 0.340 e. The third kappa shape index (κ3) is 4.14. The van der Waals surface area contributed by atoms with E-state index in [1.807, 2.05) is 27.7 Å². The van der Waals surface area contributed by atoms with Crippen molar-refractivity contribution >= 4 is 23.9 Å². The number of nitrogens with zero attached hydrogens (tertiary/aromatic N) is 1. The molecule has 216 valence electrons. The van der Waals surface area contributed by atoms with Crippen LogP contribution < -0.4 is 0 Å². The van der Waals surface area contributed by atoms with Crippen LogP contribution >= 0.6 is 0 Å². The normalized spacial score (nSPS) is 40.2. The average Bonchev–Trinajstić information content (AvgIpc) is 3.24. The lowest BCUT2D eigenvalue weighted by atomic mass is 9.41. The number of esters is 4. The largest absolute Gasteiger partial charge is 0.462 e. The molecule has 2 aliphatic carbocycles. The van der Waals surface area contributed by atoms with Gasteiger partial charge in [0.05, 0.1) is 12.0 Å². The number of carbonyl (C=O) groups excluding carboxylic acids is 4. The van der Waals surface area contributed by atoms with Gasteiger partial charge in [0.15, 0.2) is 12.2 Å². The number of carbonyl (C=O) groups is 4. The van der Waals surface area contributed by atoms with Crippen molar-refractivity contribution in [1.29, 1.82) is 0 Å². The van der Waals surface area contributed by atoms with E-state index in [0.29, 0.717) is 6.42 Å². The van der Waals surface area contributed by atoms with Gasteiger partial charge >= 0.3 is 23.9 Å². The van der Waals surface area contributed by atoms with Gasteiger partial charge in [-0.15, -0.1) is 0 Å². The van der Waals surface area contributed by atoms with Crippen LogP contribution in [0.2, 0.25) is 0 Å². The summed E-state index contributed by atoms with van der Waals surface area (Å²) < 4.78 is 30.7. The Morgan fingerprint density at radius 2 is 1.77 bits per heavy atom. The lowest BCUT2D eigenvalue weighted by Crippen LogP contribution is -2.80. The predicted octanol–water partition coefficient (Wildman–Crippen LogP) is 3.72. The summed E-state index contributed by atoms with van der Waals surface area (Å²) in [5, 5.41) is 0. The van der Waals surface area contributed by atoms with Crippen molar-refractivity contribution < 1.29 is 42.9 Å². The molecule has 0 amide bonds. The summed E-state index contributed by atoms with van der Waals surface area (Å²) in [6.07, 6.45) is 4.00. The summed E-state index contributed by atoms with van der Waals surface area (Å²) in [5.74, 6) is -2.29. The summed E-state index contributed by atoms with van der Waals surface area (Å²) in [5.41, 5.74) is -2.92. The van der Waals surface area contributed by atoms with Crippen LogP contribution in [0.3, 0.4) is 0 Å². The van der Waals surface area contributed by atoms with E-state index in [-0.39, 0.29) is 30.9 Å². The van der Waals surface area contributed by atoms with Gasteiger partial charge in [-0.2, -0.15) is 0 Å². The Labute approximate surface area is 233 Å². The predicted molar refractivity (Wildman–Crippen MR) is 140 cm³/mol. The zero-order valence-corrected chi connectivity index (χ0v) is 23.9. The molecule has 1 aromatic heterocycles. The summed E-state index contributed by atoms with van der Waals surface area (Å²) >= 11 is 0. The number of hydrogen-bond acceptors (Lipinski definition) is 10. The number of fused-ring (bicyclic) bond motifs is 3. The van der Waals surface area contributed by atoms with E-state index >= 15 is 0 Å². The Hall–Kier alpha value is -3.27. The van der Waals surface area contributed by atoms with Gasteiger partial charge in [-0.3, -0.25) is 19.4 Å². The van der Waals surface area contributed by atoms with Crippen molar-refractivity contribution in [3.05, 3.63) is 41.7 Å². The Morgan fingerprint density at radius 1 is 1.05 bits per heavy atom. The van der Waals surface area contributed by atoms with E-state index in [1.165, 1.54) is 20.0 Å². The maximum atomic E-state index is 13.5. The zero-order chi connectivity index (χ0) is 29.1. The molecular formula is C30H37NO9. The standard InChI is InChI=1S/C30H37NO9/c1-17-9-7-11-21-27(17,4)24(39-26(35)20-10-8-12-31-15-20)25(38-19(3)33)29(6)28(21,5)22(37-18(2)32)13-30(40-29)14-23(34)36-16-30/h8-10,12,15,21-22,24-25H,7,11,13-14,16H2,1-6H3. The van der Waals surface area contributed by atoms with Crippen LogP contribution in [0.25, 0.3) is 0 Å². The van der Waals surface area contributed by atoms with Crippen molar-refractivity contribution in [2.45, 2.75) is 96.7 Å². The fourth-order valence-electron chi connectivity index (χ4n) is 7.96. The molecular weight excluding hydrogens is 518 g/mol. The summed E-state index contributed by atoms with van der Waals surface area (Å²) in [7, 11) is 0. The molecule has 8 atom stereocenters. The number of hydrogen-bond donors (Lipinski definition) is 0. The third-order valence-corrected chi connectivity index (χ3v) is 10.0. The Bertz CT molecular complexity index is 1260. The quantitative estimate of drug-likeness (QED) is 0.308. The number of pyridine rings is 1. The van der Waals surface area contributed by atoms with Gasteiger partial charge in [-0.05, 0) is 44.7 Å². The van der Waals surface area contributed by atoms with E-state index < -0.39 is 64.2 Å². The van der Waals surface area contributed by atoms with Gasteiger partial charge in [-0.25, -0.2) is 4.79 Å². The molecule has 10 heteroatoms. The summed E-state index contributed by atoms with van der Waals surface area (Å²) in [6.45, 7) is 10.5. The molecule has 3 heterocycles. The molecule has 0 bridgehead atoms. The molecule has 0 N–H and O–H groups in total. The zero-order valence-electron chi connectivity index (χ0n) is 23.9. The first kappa shape index (κ1) is 28.3. The number of cyclic esters (lactones) is 1. The van der Waals surface area contributed by atoms with Crippen LogP contribution in [-0.4, -0.2) is 65.0 Å². The molecule has 8 unspecified atom stereocenters. The molecule has 10 nitrogen and oxygen atoms in total. The minimum atomic E-state index is -1.34. The molecule has 2 saturated heterocycles. The molecule has 1 saturated carbocycles. The van der Waals surface area contributed by atoms with Crippen molar-refractivity contribution in [3.8, 4) is 0 Å².